The van der Waals surface area contributed by atoms with Crippen LogP contribution in [0.15, 0.2) is 18.2 Å². The quantitative estimate of drug-likeness (QED) is 0.518. The van der Waals surface area contributed by atoms with Crippen LogP contribution >= 0.6 is 0 Å². The van der Waals surface area contributed by atoms with E-state index >= 15 is 0 Å². The number of aliphatic carboxylic acids is 1. The second-order valence-electron chi connectivity index (χ2n) is 5.60. The molecular weight excluding hydrogens is 326 g/mol. The third-order valence-electron chi connectivity index (χ3n) is 3.74. The lowest BCUT2D eigenvalue weighted by atomic mass is 10.2. The highest BCUT2D eigenvalue weighted by Crippen LogP contribution is 2.34. The van der Waals surface area contributed by atoms with E-state index in [1.807, 2.05) is 6.07 Å². The van der Waals surface area contributed by atoms with Crippen molar-refractivity contribution in [3.05, 3.63) is 18.2 Å². The van der Waals surface area contributed by atoms with Crippen LogP contribution in [0.3, 0.4) is 0 Å². The summed E-state index contributed by atoms with van der Waals surface area (Å²) >= 11 is 0. The van der Waals surface area contributed by atoms with E-state index in [4.69, 9.17) is 20.4 Å². The number of benzene rings is 1. The van der Waals surface area contributed by atoms with Crippen LogP contribution in [-0.2, 0) is 9.53 Å². The first-order valence-electron chi connectivity index (χ1n) is 7.76. The van der Waals surface area contributed by atoms with Crippen LogP contribution in [0.2, 0.25) is 0 Å². The summed E-state index contributed by atoms with van der Waals surface area (Å²) in [6.45, 7) is 3.94. The lowest BCUT2D eigenvalue weighted by molar-refractivity contribution is -0.134. The number of nitrogens with two attached hydrogens (primary N) is 1. The topological polar surface area (TPSA) is 138 Å². The number of rotatable bonds is 1. The summed E-state index contributed by atoms with van der Waals surface area (Å²) in [6.07, 6.45) is 0. The summed E-state index contributed by atoms with van der Waals surface area (Å²) in [5.74, 6) is 0.408. The van der Waals surface area contributed by atoms with Gasteiger partial charge in [-0.3, -0.25) is 4.79 Å². The Balaban J connectivity index is 0.000000415. The first-order valence-corrected chi connectivity index (χ1v) is 7.76. The molecule has 132 valence electrons. The highest BCUT2D eigenvalue weighted by atomic mass is 16.5. The molecular formula is C16H19N5O4. The van der Waals surface area contributed by atoms with Gasteiger partial charge >= 0.3 is 0 Å². The summed E-state index contributed by atoms with van der Waals surface area (Å²) in [4.78, 5) is 23.0. The zero-order valence-corrected chi connectivity index (χ0v) is 13.7. The van der Waals surface area contributed by atoms with Gasteiger partial charge in [0.05, 0.1) is 18.6 Å². The average Bonchev–Trinajstić information content (AvgIpc) is 2.91. The molecule has 0 amide bonds. The van der Waals surface area contributed by atoms with Crippen molar-refractivity contribution in [3.8, 4) is 5.75 Å². The number of aromatic amines is 1. The number of ether oxygens (including phenoxy) is 1. The average molecular weight is 345 g/mol. The molecule has 0 unspecified atom stereocenters. The third-order valence-corrected chi connectivity index (χ3v) is 3.74. The number of phenols is 1. The van der Waals surface area contributed by atoms with Gasteiger partial charge in [0.2, 0.25) is 5.95 Å². The van der Waals surface area contributed by atoms with Crippen molar-refractivity contribution < 1.29 is 19.7 Å². The molecule has 25 heavy (non-hydrogen) atoms. The number of hydrogen-bond donors (Lipinski definition) is 4. The molecule has 9 nitrogen and oxygen atoms in total. The molecule has 1 aromatic carbocycles. The van der Waals surface area contributed by atoms with Crippen LogP contribution in [0.1, 0.15) is 6.92 Å². The minimum absolute atomic E-state index is 0.216. The molecule has 0 bridgehead atoms. The van der Waals surface area contributed by atoms with E-state index in [0.29, 0.717) is 18.9 Å². The zero-order valence-electron chi connectivity index (χ0n) is 13.7. The standard InChI is InChI=1S/C14H15N5O2.C2H4O2/c15-14-17-12-11(9-7-8(20)1-2-10(9)16-12)13(18-14)19-3-5-21-6-4-19;1-2(3)4/h1-2,7,20H,3-6H2,(H3,15,16,17,18);1H3,(H,3,4). The van der Waals surface area contributed by atoms with E-state index in [9.17, 15) is 5.11 Å². The van der Waals surface area contributed by atoms with E-state index in [2.05, 4.69) is 19.9 Å². The molecule has 0 spiro atoms. The molecule has 1 aliphatic rings. The summed E-state index contributed by atoms with van der Waals surface area (Å²) < 4.78 is 5.39. The Morgan fingerprint density at radius 1 is 1.32 bits per heavy atom. The van der Waals surface area contributed by atoms with Crippen LogP contribution in [0.5, 0.6) is 5.75 Å². The minimum Gasteiger partial charge on any atom is -0.508 e. The smallest absolute Gasteiger partial charge is 0.300 e. The highest BCUT2D eigenvalue weighted by molar-refractivity contribution is 6.12. The fourth-order valence-corrected chi connectivity index (χ4v) is 2.78. The number of nitrogens with zero attached hydrogens (tertiary/aromatic N) is 3. The van der Waals surface area contributed by atoms with Gasteiger partial charge < -0.3 is 30.6 Å². The number of carbonyl (C=O) groups is 1. The van der Waals surface area contributed by atoms with Gasteiger partial charge in [-0.15, -0.1) is 0 Å². The number of hydrogen-bond acceptors (Lipinski definition) is 7. The molecule has 5 N–H and O–H groups in total. The van der Waals surface area contributed by atoms with Gasteiger partial charge in [0.15, 0.2) is 0 Å². The van der Waals surface area contributed by atoms with Gasteiger partial charge in [0.1, 0.15) is 17.2 Å². The number of aromatic nitrogens is 3. The van der Waals surface area contributed by atoms with Gasteiger partial charge in [-0.05, 0) is 18.2 Å². The van der Waals surface area contributed by atoms with Crippen LogP contribution in [-0.4, -0.2) is 57.4 Å². The van der Waals surface area contributed by atoms with Crippen molar-refractivity contribution in [2.75, 3.05) is 36.9 Å². The van der Waals surface area contributed by atoms with Gasteiger partial charge in [-0.25, -0.2) is 0 Å². The molecule has 3 heterocycles. The van der Waals surface area contributed by atoms with Crippen molar-refractivity contribution in [1.82, 2.24) is 15.0 Å². The molecule has 0 aliphatic carbocycles. The van der Waals surface area contributed by atoms with Crippen LogP contribution in [0.4, 0.5) is 11.8 Å². The molecule has 3 aromatic rings. The molecule has 0 atom stereocenters. The third kappa shape index (κ3) is 3.56. The van der Waals surface area contributed by atoms with Gasteiger partial charge in [0, 0.05) is 30.9 Å². The predicted molar refractivity (Wildman–Crippen MR) is 93.8 cm³/mol. The molecule has 9 heteroatoms. The molecule has 0 radical (unpaired) electrons. The van der Waals surface area contributed by atoms with Crippen molar-refractivity contribution in [2.45, 2.75) is 6.92 Å². The summed E-state index contributed by atoms with van der Waals surface area (Å²) in [7, 11) is 0. The number of phenolic OH excluding ortho intramolecular Hbond substituents is 1. The minimum atomic E-state index is -0.833. The number of anilines is 2. The number of H-pyrrole nitrogens is 1. The van der Waals surface area contributed by atoms with Crippen molar-refractivity contribution in [1.29, 1.82) is 0 Å². The molecule has 1 aliphatic heterocycles. The second-order valence-corrected chi connectivity index (χ2v) is 5.60. The lowest BCUT2D eigenvalue weighted by Gasteiger charge is -2.28. The fourth-order valence-electron chi connectivity index (χ4n) is 2.78. The van der Waals surface area contributed by atoms with Crippen molar-refractivity contribution in [2.24, 2.45) is 0 Å². The number of nitrogen functional groups attached to an aromatic ring is 1. The number of carboxylic acids is 1. The Kier molecular flexibility index (Phi) is 4.57. The highest BCUT2D eigenvalue weighted by Gasteiger charge is 2.20. The van der Waals surface area contributed by atoms with Crippen molar-refractivity contribution in [3.63, 3.8) is 0 Å². The van der Waals surface area contributed by atoms with Crippen LogP contribution in [0, 0.1) is 0 Å². The molecule has 2 aromatic heterocycles. The Hall–Kier alpha value is -3.07. The molecule has 0 saturated carbocycles. The maximum atomic E-state index is 9.75. The van der Waals surface area contributed by atoms with E-state index in [-0.39, 0.29) is 11.7 Å². The van der Waals surface area contributed by atoms with Crippen LogP contribution < -0.4 is 10.6 Å². The summed E-state index contributed by atoms with van der Waals surface area (Å²) in [5.41, 5.74) is 7.42. The van der Waals surface area contributed by atoms with Crippen molar-refractivity contribution >= 4 is 39.7 Å². The van der Waals surface area contributed by atoms with E-state index in [0.717, 1.165) is 42.1 Å². The van der Waals surface area contributed by atoms with Gasteiger partial charge in [-0.2, -0.15) is 9.97 Å². The van der Waals surface area contributed by atoms with E-state index < -0.39 is 5.97 Å². The Labute approximate surface area is 143 Å². The molecule has 1 saturated heterocycles. The van der Waals surface area contributed by atoms with Gasteiger partial charge in [-0.1, -0.05) is 0 Å². The summed E-state index contributed by atoms with van der Waals surface area (Å²) in [6, 6.07) is 5.19. The fraction of sp³-hybridized carbons (Fsp3) is 0.312. The zero-order chi connectivity index (χ0) is 18.0. The number of morpholine rings is 1. The molecule has 4 rings (SSSR count). The SMILES string of the molecule is CC(=O)O.Nc1nc(N2CCOCC2)c2c(n1)[nH]c1ccc(O)cc12. The van der Waals surface area contributed by atoms with E-state index in [1.54, 1.807) is 12.1 Å². The Morgan fingerprint density at radius 3 is 2.68 bits per heavy atom. The second kappa shape index (κ2) is 6.81. The predicted octanol–water partition coefficient (Wildman–Crippen LogP) is 1.33. The number of aromatic hydroxyl groups is 1. The Bertz CT molecular complexity index is 914. The number of carboxylic acid groups (broad SMARTS) is 1. The van der Waals surface area contributed by atoms with Crippen LogP contribution in [0.25, 0.3) is 21.9 Å². The number of fused-ring (bicyclic) bond motifs is 3. The first kappa shape index (κ1) is 16.8. The maximum Gasteiger partial charge on any atom is 0.300 e. The largest absolute Gasteiger partial charge is 0.508 e. The normalized spacial score (nSPS) is 14.4. The maximum absolute atomic E-state index is 9.75. The summed E-state index contributed by atoms with van der Waals surface area (Å²) in [5, 5.41) is 18.9. The molecule has 1 fully saturated rings. The van der Waals surface area contributed by atoms with Gasteiger partial charge in [0.25, 0.3) is 5.97 Å². The number of nitrogens with one attached hydrogen (secondary N) is 1. The lowest BCUT2D eigenvalue weighted by Crippen LogP contribution is -2.37. The first-order chi connectivity index (χ1) is 12.0. The Morgan fingerprint density at radius 2 is 2.00 bits per heavy atom. The van der Waals surface area contributed by atoms with E-state index in [1.165, 1.54) is 0 Å². The monoisotopic (exact) mass is 345 g/mol.